The summed E-state index contributed by atoms with van der Waals surface area (Å²) in [6.45, 7) is 4.13. The Bertz CT molecular complexity index is 1170. The number of aromatic hydroxyl groups is 1. The van der Waals surface area contributed by atoms with Gasteiger partial charge in [0.05, 0.1) is 11.7 Å². The van der Waals surface area contributed by atoms with Crippen molar-refractivity contribution in [2.45, 2.75) is 51.5 Å². The Morgan fingerprint density at radius 2 is 1.67 bits per heavy atom. The number of aliphatic hydroxyl groups is 3. The lowest BCUT2D eigenvalue weighted by Crippen LogP contribution is -2.58. The molecule has 2 aromatic rings. The number of esters is 1. The Balaban J connectivity index is 1.74. The van der Waals surface area contributed by atoms with E-state index < -0.39 is 54.0 Å². The zero-order valence-electron chi connectivity index (χ0n) is 17.9. The fourth-order valence-electron chi connectivity index (χ4n) is 3.93. The zero-order valence-corrected chi connectivity index (χ0v) is 17.9. The smallest absolute Gasteiger partial charge is 0.308 e. The molecule has 1 aliphatic carbocycles. The molecular formula is C23H22O10. The molecule has 2 aromatic carbocycles. The summed E-state index contributed by atoms with van der Waals surface area (Å²) in [4.78, 5) is 37.5. The number of rotatable bonds is 3. The first kappa shape index (κ1) is 22.9. The second kappa shape index (κ2) is 8.23. The van der Waals surface area contributed by atoms with Crippen LogP contribution in [0.15, 0.2) is 24.3 Å². The summed E-state index contributed by atoms with van der Waals surface area (Å²) in [5.74, 6) is -2.26. The molecule has 4 rings (SSSR count). The second-order valence-electron chi connectivity index (χ2n) is 8.03. The summed E-state index contributed by atoms with van der Waals surface area (Å²) in [7, 11) is 0. The van der Waals surface area contributed by atoms with E-state index in [9.17, 15) is 34.8 Å². The van der Waals surface area contributed by atoms with Crippen LogP contribution in [0.2, 0.25) is 0 Å². The Kier molecular flexibility index (Phi) is 5.71. The van der Waals surface area contributed by atoms with Crippen LogP contribution in [-0.4, -0.2) is 68.7 Å². The van der Waals surface area contributed by atoms with Crippen LogP contribution in [0.1, 0.15) is 51.3 Å². The molecule has 1 saturated heterocycles. The molecule has 10 heteroatoms. The predicted octanol–water partition coefficient (Wildman–Crippen LogP) is 0.608. The van der Waals surface area contributed by atoms with Gasteiger partial charge in [-0.05, 0) is 38.1 Å². The largest absolute Gasteiger partial charge is 0.507 e. The number of hydrogen-bond acceptors (Lipinski definition) is 10. The Labute approximate surface area is 187 Å². The highest BCUT2D eigenvalue weighted by Crippen LogP contribution is 2.41. The van der Waals surface area contributed by atoms with Crippen molar-refractivity contribution in [3.63, 3.8) is 0 Å². The van der Waals surface area contributed by atoms with Gasteiger partial charge >= 0.3 is 5.97 Å². The number of aliphatic hydroxyl groups excluding tert-OH is 3. The van der Waals surface area contributed by atoms with E-state index in [4.69, 9.17) is 14.2 Å². The number of fused-ring (bicyclic) bond motifs is 2. The minimum Gasteiger partial charge on any atom is -0.507 e. The van der Waals surface area contributed by atoms with Gasteiger partial charge < -0.3 is 34.6 Å². The molecule has 0 radical (unpaired) electrons. The Morgan fingerprint density at radius 1 is 0.970 bits per heavy atom. The van der Waals surface area contributed by atoms with Crippen molar-refractivity contribution in [3.8, 4) is 17.2 Å². The molecule has 1 fully saturated rings. The van der Waals surface area contributed by atoms with Crippen LogP contribution in [-0.2, 0) is 9.53 Å². The van der Waals surface area contributed by atoms with E-state index in [0.29, 0.717) is 0 Å². The van der Waals surface area contributed by atoms with Gasteiger partial charge in [0, 0.05) is 29.2 Å². The van der Waals surface area contributed by atoms with Crippen LogP contribution < -0.4 is 9.47 Å². The van der Waals surface area contributed by atoms with Crippen molar-refractivity contribution in [1.82, 2.24) is 0 Å². The molecule has 1 aliphatic heterocycles. The van der Waals surface area contributed by atoms with Gasteiger partial charge in [0.1, 0.15) is 35.6 Å². The number of ketones is 2. The molecule has 0 unspecified atom stereocenters. The first-order chi connectivity index (χ1) is 15.5. The van der Waals surface area contributed by atoms with Gasteiger partial charge in [0.2, 0.25) is 6.29 Å². The molecule has 1 heterocycles. The van der Waals surface area contributed by atoms with E-state index in [1.54, 1.807) is 0 Å². The van der Waals surface area contributed by atoms with E-state index in [1.807, 2.05) is 0 Å². The fourth-order valence-corrected chi connectivity index (χ4v) is 3.93. The average molecular weight is 458 g/mol. The van der Waals surface area contributed by atoms with Crippen LogP contribution in [0.5, 0.6) is 17.2 Å². The first-order valence-corrected chi connectivity index (χ1v) is 10.2. The van der Waals surface area contributed by atoms with E-state index in [0.717, 1.165) is 0 Å². The van der Waals surface area contributed by atoms with Crippen LogP contribution in [0.25, 0.3) is 0 Å². The minimum atomic E-state index is -1.61. The van der Waals surface area contributed by atoms with Gasteiger partial charge in [-0.25, -0.2) is 0 Å². The normalized spacial score (nSPS) is 26.4. The number of carbonyl (C=O) groups is 3. The standard InChI is InChI=1S/C23H22O10/c1-8-15(33-23-22(30)21(29)18(26)9(2)31-23)7-14-16(17(8)25)20(28)12-5-4-11(32-10(3)24)6-13(12)19(14)27/h4-7,9,18,21-23,25-26,29-30H,1-3H3/t9-,18+,21+,22+,23-/m0/s1. The Hall–Kier alpha value is -3.31. The molecule has 0 spiro atoms. The molecule has 0 saturated carbocycles. The van der Waals surface area contributed by atoms with Gasteiger partial charge in [-0.3, -0.25) is 14.4 Å². The lowest BCUT2D eigenvalue weighted by Gasteiger charge is -2.39. The molecule has 0 amide bonds. The second-order valence-corrected chi connectivity index (χ2v) is 8.03. The zero-order chi connectivity index (χ0) is 24.2. The number of ether oxygens (including phenoxy) is 3. The Morgan fingerprint density at radius 3 is 2.33 bits per heavy atom. The van der Waals surface area contributed by atoms with Crippen LogP contribution in [0, 0.1) is 6.92 Å². The van der Waals surface area contributed by atoms with E-state index in [2.05, 4.69) is 0 Å². The summed E-state index contributed by atoms with van der Waals surface area (Å²) in [5.41, 5.74) is -0.208. The van der Waals surface area contributed by atoms with Crippen molar-refractivity contribution in [2.24, 2.45) is 0 Å². The molecule has 10 nitrogen and oxygen atoms in total. The quantitative estimate of drug-likeness (QED) is 0.323. The summed E-state index contributed by atoms with van der Waals surface area (Å²) in [6.07, 6.45) is -6.76. The van der Waals surface area contributed by atoms with Gasteiger partial charge in [-0.2, -0.15) is 0 Å². The minimum absolute atomic E-state index is 0.0124. The highest BCUT2D eigenvalue weighted by Gasteiger charge is 2.44. The van der Waals surface area contributed by atoms with E-state index >= 15 is 0 Å². The molecule has 33 heavy (non-hydrogen) atoms. The third kappa shape index (κ3) is 3.76. The van der Waals surface area contributed by atoms with Crippen LogP contribution in [0.4, 0.5) is 0 Å². The number of hydrogen-bond donors (Lipinski definition) is 4. The number of benzene rings is 2. The van der Waals surface area contributed by atoms with E-state index in [-0.39, 0.29) is 39.3 Å². The maximum atomic E-state index is 13.2. The van der Waals surface area contributed by atoms with Gasteiger partial charge in [0.15, 0.2) is 11.6 Å². The predicted molar refractivity (Wildman–Crippen MR) is 110 cm³/mol. The molecule has 5 atom stereocenters. The number of phenolic OH excluding ortho intramolecular Hbond substituents is 1. The van der Waals surface area contributed by atoms with Crippen LogP contribution in [0.3, 0.4) is 0 Å². The highest BCUT2D eigenvalue weighted by atomic mass is 16.7. The maximum Gasteiger partial charge on any atom is 0.308 e. The number of carbonyl (C=O) groups excluding carboxylic acids is 3. The average Bonchev–Trinajstić information content (AvgIpc) is 2.76. The molecule has 2 aliphatic rings. The maximum absolute atomic E-state index is 13.2. The summed E-state index contributed by atoms with van der Waals surface area (Å²) in [5, 5.41) is 40.8. The van der Waals surface area contributed by atoms with Crippen molar-refractivity contribution in [3.05, 3.63) is 52.1 Å². The van der Waals surface area contributed by atoms with Crippen molar-refractivity contribution in [1.29, 1.82) is 0 Å². The number of phenols is 1. The third-order valence-electron chi connectivity index (χ3n) is 5.77. The summed E-state index contributed by atoms with van der Waals surface area (Å²) in [6, 6.07) is 5.23. The topological polar surface area (TPSA) is 160 Å². The van der Waals surface area contributed by atoms with Gasteiger partial charge in [-0.15, -0.1) is 0 Å². The summed E-state index contributed by atoms with van der Waals surface area (Å²) >= 11 is 0. The summed E-state index contributed by atoms with van der Waals surface area (Å²) < 4.78 is 16.1. The van der Waals surface area contributed by atoms with Crippen molar-refractivity contribution in [2.75, 3.05) is 0 Å². The van der Waals surface area contributed by atoms with E-state index in [1.165, 1.54) is 45.0 Å². The lowest BCUT2D eigenvalue weighted by molar-refractivity contribution is -0.268. The highest BCUT2D eigenvalue weighted by molar-refractivity contribution is 6.29. The fraction of sp³-hybridized carbons (Fsp3) is 0.348. The van der Waals surface area contributed by atoms with Crippen molar-refractivity contribution < 1.29 is 49.0 Å². The SMILES string of the molecule is CC(=O)Oc1ccc2c(c1)C(=O)c1cc(O[C@@H]3O[C@@H](C)[C@@H](O)[C@@H](O)[C@H]3O)c(C)c(O)c1C2=O. The third-order valence-corrected chi connectivity index (χ3v) is 5.77. The van der Waals surface area contributed by atoms with Gasteiger partial charge in [0.25, 0.3) is 0 Å². The molecule has 174 valence electrons. The van der Waals surface area contributed by atoms with Crippen molar-refractivity contribution >= 4 is 17.5 Å². The van der Waals surface area contributed by atoms with Gasteiger partial charge in [-0.1, -0.05) is 0 Å². The molecule has 4 N–H and O–H groups in total. The molecular weight excluding hydrogens is 436 g/mol. The monoisotopic (exact) mass is 458 g/mol. The van der Waals surface area contributed by atoms with Crippen LogP contribution >= 0.6 is 0 Å². The first-order valence-electron chi connectivity index (χ1n) is 10.2. The molecule has 0 aromatic heterocycles. The molecule has 0 bridgehead atoms. The lowest BCUT2D eigenvalue weighted by atomic mass is 9.82.